The van der Waals surface area contributed by atoms with Gasteiger partial charge in [0.1, 0.15) is 0 Å². The number of piperazine rings is 1. The van der Waals surface area contributed by atoms with Crippen molar-refractivity contribution < 1.29 is 5.11 Å². The number of aryl methyl sites for hydroxylation is 1. The first-order valence-corrected chi connectivity index (χ1v) is 7.00. The summed E-state index contributed by atoms with van der Waals surface area (Å²) in [6.45, 7) is 6.81. The quantitative estimate of drug-likeness (QED) is 0.843. The molecule has 0 spiro atoms. The summed E-state index contributed by atoms with van der Waals surface area (Å²) in [5.74, 6) is 0.318. The van der Waals surface area contributed by atoms with Gasteiger partial charge in [-0.1, -0.05) is 12.1 Å². The van der Waals surface area contributed by atoms with E-state index in [2.05, 4.69) is 41.0 Å². The van der Waals surface area contributed by atoms with Gasteiger partial charge in [0.05, 0.1) is 6.10 Å². The number of rotatable bonds is 4. The van der Waals surface area contributed by atoms with Gasteiger partial charge in [0, 0.05) is 44.3 Å². The second kappa shape index (κ2) is 6.41. The number of halogens is 1. The summed E-state index contributed by atoms with van der Waals surface area (Å²) in [6, 6.07) is 8.62. The molecule has 1 atom stereocenters. The molecule has 1 aliphatic rings. The lowest BCUT2D eigenvalue weighted by atomic mass is 10.2. The second-order valence-electron chi connectivity index (χ2n) is 4.93. The lowest BCUT2D eigenvalue weighted by Crippen LogP contribution is -2.48. The zero-order chi connectivity index (χ0) is 13.0. The number of anilines is 1. The van der Waals surface area contributed by atoms with Gasteiger partial charge < -0.3 is 10.0 Å². The van der Waals surface area contributed by atoms with E-state index in [1.54, 1.807) is 0 Å². The van der Waals surface area contributed by atoms with Gasteiger partial charge >= 0.3 is 0 Å². The molecule has 1 aromatic rings. The topological polar surface area (TPSA) is 26.7 Å². The summed E-state index contributed by atoms with van der Waals surface area (Å²) in [4.78, 5) is 4.68. The predicted molar refractivity (Wildman–Crippen MR) is 76.6 cm³/mol. The molecule has 0 radical (unpaired) electrons. The fraction of sp³-hybridized carbons (Fsp3) is 0.571. The first-order chi connectivity index (χ1) is 8.69. The van der Waals surface area contributed by atoms with Crippen molar-refractivity contribution >= 4 is 17.3 Å². The number of aliphatic hydroxyl groups excluding tert-OH is 1. The molecular formula is C14H21ClN2O. The van der Waals surface area contributed by atoms with Crippen LogP contribution >= 0.6 is 11.6 Å². The van der Waals surface area contributed by atoms with Crippen molar-refractivity contribution in [1.29, 1.82) is 0 Å². The standard InChI is InChI=1S/C14H21ClN2O/c1-12-3-2-4-13(9-12)17-7-5-16(6-8-17)11-14(18)10-15/h2-4,9,14,18H,5-8,10-11H2,1H3. The first kappa shape index (κ1) is 13.7. The van der Waals surface area contributed by atoms with Crippen molar-refractivity contribution in [2.24, 2.45) is 0 Å². The van der Waals surface area contributed by atoms with Gasteiger partial charge in [0.15, 0.2) is 0 Å². The highest BCUT2D eigenvalue weighted by Crippen LogP contribution is 2.17. The van der Waals surface area contributed by atoms with Crippen molar-refractivity contribution in [1.82, 2.24) is 4.90 Å². The number of hydrogen-bond donors (Lipinski definition) is 1. The molecule has 0 aliphatic carbocycles. The largest absolute Gasteiger partial charge is 0.391 e. The maximum atomic E-state index is 9.54. The van der Waals surface area contributed by atoms with E-state index in [1.165, 1.54) is 11.3 Å². The van der Waals surface area contributed by atoms with Gasteiger partial charge in [0.25, 0.3) is 0 Å². The SMILES string of the molecule is Cc1cccc(N2CCN(CC(O)CCl)CC2)c1. The minimum atomic E-state index is -0.405. The summed E-state index contributed by atoms with van der Waals surface area (Å²) < 4.78 is 0. The van der Waals surface area contributed by atoms with E-state index in [-0.39, 0.29) is 0 Å². The Morgan fingerprint density at radius 1 is 1.28 bits per heavy atom. The average molecular weight is 269 g/mol. The minimum Gasteiger partial charge on any atom is -0.391 e. The summed E-state index contributed by atoms with van der Waals surface area (Å²) in [5, 5.41) is 9.54. The molecule has 1 N–H and O–H groups in total. The molecule has 1 aliphatic heterocycles. The summed E-state index contributed by atoms with van der Waals surface area (Å²) >= 11 is 5.63. The van der Waals surface area contributed by atoms with Crippen LogP contribution in [-0.2, 0) is 0 Å². The molecule has 3 nitrogen and oxygen atoms in total. The van der Waals surface area contributed by atoms with Gasteiger partial charge in [-0.3, -0.25) is 4.90 Å². The third-order valence-corrected chi connectivity index (χ3v) is 3.74. The van der Waals surface area contributed by atoms with Crippen LogP contribution in [0.5, 0.6) is 0 Å². The van der Waals surface area contributed by atoms with E-state index in [9.17, 15) is 5.11 Å². The number of hydrogen-bond acceptors (Lipinski definition) is 3. The van der Waals surface area contributed by atoms with Crippen molar-refractivity contribution in [2.75, 3.05) is 43.5 Å². The van der Waals surface area contributed by atoms with Crippen LogP contribution in [0.3, 0.4) is 0 Å². The van der Waals surface area contributed by atoms with Crippen molar-refractivity contribution in [3.63, 3.8) is 0 Å². The lowest BCUT2D eigenvalue weighted by Gasteiger charge is -2.36. The normalized spacial score (nSPS) is 18.9. The monoisotopic (exact) mass is 268 g/mol. The molecule has 1 unspecified atom stereocenters. The van der Waals surface area contributed by atoms with Crippen LogP contribution in [-0.4, -0.2) is 54.7 Å². The molecule has 1 aromatic carbocycles. The maximum Gasteiger partial charge on any atom is 0.0802 e. The number of benzene rings is 1. The third kappa shape index (κ3) is 3.61. The van der Waals surface area contributed by atoms with Crippen LogP contribution in [0.15, 0.2) is 24.3 Å². The molecule has 4 heteroatoms. The van der Waals surface area contributed by atoms with E-state index < -0.39 is 6.10 Å². The highest BCUT2D eigenvalue weighted by atomic mass is 35.5. The van der Waals surface area contributed by atoms with Crippen molar-refractivity contribution in [3.05, 3.63) is 29.8 Å². The fourth-order valence-electron chi connectivity index (χ4n) is 2.36. The molecule has 1 heterocycles. The summed E-state index contributed by atoms with van der Waals surface area (Å²) in [6.07, 6.45) is -0.405. The Labute approximate surface area is 114 Å². The third-order valence-electron chi connectivity index (χ3n) is 3.39. The van der Waals surface area contributed by atoms with Gasteiger partial charge in [-0.05, 0) is 24.6 Å². The number of alkyl halides is 1. The van der Waals surface area contributed by atoms with Crippen LogP contribution in [0.1, 0.15) is 5.56 Å². The molecule has 18 heavy (non-hydrogen) atoms. The second-order valence-corrected chi connectivity index (χ2v) is 5.24. The zero-order valence-corrected chi connectivity index (χ0v) is 11.6. The van der Waals surface area contributed by atoms with E-state index in [4.69, 9.17) is 11.6 Å². The molecule has 0 amide bonds. The van der Waals surface area contributed by atoms with E-state index in [1.807, 2.05) is 0 Å². The first-order valence-electron chi connectivity index (χ1n) is 6.47. The Hall–Kier alpha value is -0.770. The van der Waals surface area contributed by atoms with E-state index in [0.717, 1.165) is 26.2 Å². The zero-order valence-electron chi connectivity index (χ0n) is 10.8. The van der Waals surface area contributed by atoms with E-state index >= 15 is 0 Å². The van der Waals surface area contributed by atoms with Crippen molar-refractivity contribution in [3.8, 4) is 0 Å². The highest BCUT2D eigenvalue weighted by Gasteiger charge is 2.18. The van der Waals surface area contributed by atoms with Crippen molar-refractivity contribution in [2.45, 2.75) is 13.0 Å². The Kier molecular flexibility index (Phi) is 4.87. The number of nitrogens with zero attached hydrogens (tertiary/aromatic N) is 2. The van der Waals surface area contributed by atoms with Gasteiger partial charge in [-0.25, -0.2) is 0 Å². The molecular weight excluding hydrogens is 248 g/mol. The Morgan fingerprint density at radius 3 is 2.61 bits per heavy atom. The molecule has 0 aromatic heterocycles. The van der Waals surface area contributed by atoms with Crippen LogP contribution in [0.4, 0.5) is 5.69 Å². The smallest absolute Gasteiger partial charge is 0.0802 e. The molecule has 1 fully saturated rings. The Bertz CT molecular complexity index is 378. The predicted octanol–water partition coefficient (Wildman–Crippen LogP) is 1.72. The van der Waals surface area contributed by atoms with Crippen LogP contribution in [0.2, 0.25) is 0 Å². The van der Waals surface area contributed by atoms with E-state index in [0.29, 0.717) is 12.4 Å². The van der Waals surface area contributed by atoms with Crippen LogP contribution in [0.25, 0.3) is 0 Å². The highest BCUT2D eigenvalue weighted by molar-refractivity contribution is 6.18. The average Bonchev–Trinajstić information content (AvgIpc) is 2.39. The molecule has 2 rings (SSSR count). The Morgan fingerprint density at radius 2 is 2.00 bits per heavy atom. The molecule has 0 saturated carbocycles. The maximum absolute atomic E-state index is 9.54. The van der Waals surface area contributed by atoms with Gasteiger partial charge in [-0.2, -0.15) is 0 Å². The number of aliphatic hydroxyl groups is 1. The summed E-state index contributed by atoms with van der Waals surface area (Å²) in [7, 11) is 0. The van der Waals surface area contributed by atoms with Crippen LogP contribution in [0, 0.1) is 6.92 Å². The summed E-state index contributed by atoms with van der Waals surface area (Å²) in [5.41, 5.74) is 2.60. The lowest BCUT2D eigenvalue weighted by molar-refractivity contribution is 0.125. The number of β-amino-alcohol motifs (C(OH)–C–C–N with tert-alkyl or cyclic N) is 1. The van der Waals surface area contributed by atoms with Crippen LogP contribution < -0.4 is 4.90 Å². The van der Waals surface area contributed by atoms with Gasteiger partial charge in [0.2, 0.25) is 0 Å². The molecule has 0 bridgehead atoms. The molecule has 100 valence electrons. The Balaban J connectivity index is 1.87. The fourth-order valence-corrected chi connectivity index (χ4v) is 2.46. The minimum absolute atomic E-state index is 0.318. The van der Waals surface area contributed by atoms with Gasteiger partial charge in [-0.15, -0.1) is 11.6 Å². The molecule has 1 saturated heterocycles.